The van der Waals surface area contributed by atoms with Crippen molar-refractivity contribution in [3.8, 4) is 0 Å². The molecule has 106 valence electrons. The van der Waals surface area contributed by atoms with Gasteiger partial charge < -0.3 is 0 Å². The van der Waals surface area contributed by atoms with E-state index >= 15 is 0 Å². The van der Waals surface area contributed by atoms with E-state index < -0.39 is 9.84 Å². The Morgan fingerprint density at radius 2 is 1.68 bits per heavy atom. The number of carbonyl (C=O) groups is 1. The maximum atomic E-state index is 11.8. The summed E-state index contributed by atoms with van der Waals surface area (Å²) in [5.41, 5.74) is 0.587. The van der Waals surface area contributed by atoms with Crippen molar-refractivity contribution >= 4 is 15.6 Å². The average molecular weight is 282 g/mol. The molecule has 0 spiro atoms. The van der Waals surface area contributed by atoms with Crippen molar-refractivity contribution < 1.29 is 13.2 Å². The van der Waals surface area contributed by atoms with Crippen LogP contribution < -0.4 is 0 Å². The molecule has 0 heterocycles. The fourth-order valence-electron chi connectivity index (χ4n) is 1.87. The standard InChI is InChI=1S/C15H22O3S/c1-2-3-4-8-12-19(17,18)13-11-15(16)14-9-6-5-7-10-14/h5-7,9-10H,2-4,8,11-13H2,1H3. The van der Waals surface area contributed by atoms with E-state index in [0.717, 1.165) is 19.3 Å². The summed E-state index contributed by atoms with van der Waals surface area (Å²) in [6.07, 6.45) is 3.89. The van der Waals surface area contributed by atoms with E-state index in [4.69, 9.17) is 0 Å². The van der Waals surface area contributed by atoms with Gasteiger partial charge in [0, 0.05) is 12.0 Å². The minimum atomic E-state index is -3.09. The molecule has 0 unspecified atom stereocenters. The van der Waals surface area contributed by atoms with Crippen LogP contribution in [-0.2, 0) is 9.84 Å². The molecule has 1 aromatic carbocycles. The molecule has 0 saturated heterocycles. The minimum Gasteiger partial charge on any atom is -0.294 e. The Kier molecular flexibility index (Phi) is 6.78. The lowest BCUT2D eigenvalue weighted by molar-refractivity contribution is 0.0989. The molecule has 0 aliphatic carbocycles. The summed E-state index contributed by atoms with van der Waals surface area (Å²) in [4.78, 5) is 11.8. The van der Waals surface area contributed by atoms with Gasteiger partial charge in [-0.3, -0.25) is 4.79 Å². The number of hydrogen-bond donors (Lipinski definition) is 0. The molecule has 0 bridgehead atoms. The zero-order valence-corrected chi connectivity index (χ0v) is 12.3. The van der Waals surface area contributed by atoms with Crippen molar-refractivity contribution in [2.75, 3.05) is 11.5 Å². The summed E-state index contributed by atoms with van der Waals surface area (Å²) < 4.78 is 23.6. The van der Waals surface area contributed by atoms with Crippen molar-refractivity contribution in [3.63, 3.8) is 0 Å². The molecule has 19 heavy (non-hydrogen) atoms. The van der Waals surface area contributed by atoms with Gasteiger partial charge in [-0.1, -0.05) is 56.5 Å². The maximum absolute atomic E-state index is 11.8. The third-order valence-electron chi connectivity index (χ3n) is 3.04. The first kappa shape index (κ1) is 15.9. The summed E-state index contributed by atoms with van der Waals surface area (Å²) in [7, 11) is -3.09. The van der Waals surface area contributed by atoms with Crippen LogP contribution >= 0.6 is 0 Å². The second-order valence-electron chi connectivity index (χ2n) is 4.75. The van der Waals surface area contributed by atoms with E-state index in [1.165, 1.54) is 0 Å². The van der Waals surface area contributed by atoms with Crippen molar-refractivity contribution in [2.24, 2.45) is 0 Å². The van der Waals surface area contributed by atoms with E-state index in [1.54, 1.807) is 24.3 Å². The molecule has 1 aromatic rings. The lowest BCUT2D eigenvalue weighted by Gasteiger charge is -2.04. The predicted octanol–water partition coefficient (Wildman–Crippen LogP) is 3.25. The summed E-state index contributed by atoms with van der Waals surface area (Å²) in [6.45, 7) is 2.09. The number of rotatable bonds is 9. The Morgan fingerprint density at radius 1 is 1.00 bits per heavy atom. The molecule has 0 N–H and O–H groups in total. The van der Waals surface area contributed by atoms with Gasteiger partial charge in [0.2, 0.25) is 0 Å². The number of hydrogen-bond acceptors (Lipinski definition) is 3. The molecule has 1 rings (SSSR count). The summed E-state index contributed by atoms with van der Waals surface area (Å²) in [5, 5.41) is 0. The monoisotopic (exact) mass is 282 g/mol. The van der Waals surface area contributed by atoms with E-state index in [1.807, 2.05) is 6.07 Å². The topological polar surface area (TPSA) is 51.2 Å². The zero-order chi connectivity index (χ0) is 14.1. The minimum absolute atomic E-state index is 0.0349. The number of carbonyl (C=O) groups excluding carboxylic acids is 1. The maximum Gasteiger partial charge on any atom is 0.163 e. The fraction of sp³-hybridized carbons (Fsp3) is 0.533. The molecule has 0 aliphatic rings. The third kappa shape index (κ3) is 6.53. The predicted molar refractivity (Wildman–Crippen MR) is 78.2 cm³/mol. The first-order valence-corrected chi connectivity index (χ1v) is 8.66. The molecule has 0 amide bonds. The summed E-state index contributed by atoms with van der Waals surface area (Å²) >= 11 is 0. The SMILES string of the molecule is CCCCCCS(=O)(=O)CCC(=O)c1ccccc1. The molecule has 0 saturated carbocycles. The molecular weight excluding hydrogens is 260 g/mol. The van der Waals surface area contributed by atoms with Gasteiger partial charge in [0.1, 0.15) is 0 Å². The molecule has 0 aliphatic heterocycles. The number of Topliss-reactive ketones (excluding diaryl/α,β-unsaturated/α-hetero) is 1. The van der Waals surface area contributed by atoms with Crippen LogP contribution in [0.5, 0.6) is 0 Å². The highest BCUT2D eigenvalue weighted by Gasteiger charge is 2.14. The third-order valence-corrected chi connectivity index (χ3v) is 4.78. The van der Waals surface area contributed by atoms with Crippen molar-refractivity contribution in [3.05, 3.63) is 35.9 Å². The Labute approximate surface area is 116 Å². The molecule has 4 heteroatoms. The van der Waals surface area contributed by atoms with Gasteiger partial charge in [-0.2, -0.15) is 0 Å². The molecule has 0 fully saturated rings. The quantitative estimate of drug-likeness (QED) is 0.516. The number of sulfone groups is 1. The van der Waals surface area contributed by atoms with E-state index in [-0.39, 0.29) is 23.7 Å². The van der Waals surface area contributed by atoms with Gasteiger partial charge in [-0.25, -0.2) is 8.42 Å². The normalized spacial score (nSPS) is 11.4. The lowest BCUT2D eigenvalue weighted by atomic mass is 10.1. The number of unbranched alkanes of at least 4 members (excludes halogenated alkanes) is 3. The fourth-order valence-corrected chi connectivity index (χ4v) is 3.21. The largest absolute Gasteiger partial charge is 0.294 e. The van der Waals surface area contributed by atoms with Gasteiger partial charge in [0.05, 0.1) is 11.5 Å². The highest BCUT2D eigenvalue weighted by molar-refractivity contribution is 7.91. The first-order valence-electron chi connectivity index (χ1n) is 6.84. The van der Waals surface area contributed by atoms with Crippen LogP contribution in [0.25, 0.3) is 0 Å². The van der Waals surface area contributed by atoms with Crippen molar-refractivity contribution in [1.82, 2.24) is 0 Å². The second kappa shape index (κ2) is 8.10. The molecule has 0 atom stereocenters. The molecule has 3 nitrogen and oxygen atoms in total. The van der Waals surface area contributed by atoms with Gasteiger partial charge in [0.25, 0.3) is 0 Å². The highest BCUT2D eigenvalue weighted by Crippen LogP contribution is 2.07. The number of ketones is 1. The van der Waals surface area contributed by atoms with Crippen LogP contribution in [0.15, 0.2) is 30.3 Å². The molecule has 0 aromatic heterocycles. The smallest absolute Gasteiger partial charge is 0.163 e. The summed E-state index contributed by atoms with van der Waals surface area (Å²) in [5.74, 6) is 0.0693. The molecule has 0 radical (unpaired) electrons. The van der Waals surface area contributed by atoms with Crippen LogP contribution in [0.4, 0.5) is 0 Å². The zero-order valence-electron chi connectivity index (χ0n) is 11.5. The lowest BCUT2D eigenvalue weighted by Crippen LogP contribution is -2.14. The van der Waals surface area contributed by atoms with Gasteiger partial charge in [-0.05, 0) is 6.42 Å². The van der Waals surface area contributed by atoms with Gasteiger partial charge in [0.15, 0.2) is 15.6 Å². The Hall–Kier alpha value is -1.16. The number of benzene rings is 1. The summed E-state index contributed by atoms with van der Waals surface area (Å²) in [6, 6.07) is 8.84. The van der Waals surface area contributed by atoms with Crippen LogP contribution in [0.3, 0.4) is 0 Å². The Morgan fingerprint density at radius 3 is 2.32 bits per heavy atom. The van der Waals surface area contributed by atoms with Crippen molar-refractivity contribution in [2.45, 2.75) is 39.0 Å². The highest BCUT2D eigenvalue weighted by atomic mass is 32.2. The van der Waals surface area contributed by atoms with Gasteiger partial charge in [-0.15, -0.1) is 0 Å². The molecular formula is C15H22O3S. The first-order chi connectivity index (χ1) is 9.05. The van der Waals surface area contributed by atoms with Crippen LogP contribution in [-0.4, -0.2) is 25.7 Å². The second-order valence-corrected chi connectivity index (χ2v) is 7.06. The van der Waals surface area contributed by atoms with Crippen LogP contribution in [0.2, 0.25) is 0 Å². The van der Waals surface area contributed by atoms with E-state index in [9.17, 15) is 13.2 Å². The van der Waals surface area contributed by atoms with Crippen molar-refractivity contribution in [1.29, 1.82) is 0 Å². The Balaban J connectivity index is 2.37. The van der Waals surface area contributed by atoms with Crippen LogP contribution in [0, 0.1) is 0 Å². The van der Waals surface area contributed by atoms with Gasteiger partial charge >= 0.3 is 0 Å². The Bertz CT molecular complexity index is 477. The average Bonchev–Trinajstić information content (AvgIpc) is 2.42. The van der Waals surface area contributed by atoms with E-state index in [0.29, 0.717) is 12.0 Å². The van der Waals surface area contributed by atoms with E-state index in [2.05, 4.69) is 6.92 Å². The van der Waals surface area contributed by atoms with Crippen LogP contribution in [0.1, 0.15) is 49.4 Å².